The van der Waals surface area contributed by atoms with Crippen molar-refractivity contribution in [3.63, 3.8) is 0 Å². The van der Waals surface area contributed by atoms with Gasteiger partial charge >= 0.3 is 0 Å². The zero-order valence-corrected chi connectivity index (χ0v) is 25.0. The molecule has 0 unspecified atom stereocenters. The first kappa shape index (κ1) is 27.8. The molecule has 0 aliphatic heterocycles. The number of halogens is 2. The summed E-state index contributed by atoms with van der Waals surface area (Å²) in [6.45, 7) is 5.41. The van der Waals surface area contributed by atoms with Crippen LogP contribution in [0.4, 0.5) is 5.69 Å². The lowest BCUT2D eigenvalue weighted by molar-refractivity contribution is -0.119. The van der Waals surface area contributed by atoms with Gasteiger partial charge in [0.15, 0.2) is 0 Å². The number of benzene rings is 3. The Bertz CT molecular complexity index is 1600. The molecule has 0 spiro atoms. The Morgan fingerprint density at radius 1 is 0.947 bits per heavy atom. The average molecular weight is 658 g/mol. The smallest absolute Gasteiger partial charge is 0.264 e. The number of amides is 1. The molecule has 4 aromatic rings. The SMILES string of the molecule is Cc1ccc(S(=O)(=O)N(CC(=O)N/N=C\c2cc(C)n(-c3cccc(Br)c3)c2C)c2ccc(Br)cc2)cc1. The van der Waals surface area contributed by atoms with Crippen LogP contribution in [0, 0.1) is 20.8 Å². The van der Waals surface area contributed by atoms with Gasteiger partial charge < -0.3 is 4.57 Å². The molecule has 1 aromatic heterocycles. The quantitative estimate of drug-likeness (QED) is 0.179. The zero-order valence-electron chi connectivity index (χ0n) is 21.0. The fourth-order valence-corrected chi connectivity index (χ4v) is 6.10. The zero-order chi connectivity index (χ0) is 27.4. The molecule has 7 nitrogen and oxygen atoms in total. The summed E-state index contributed by atoms with van der Waals surface area (Å²) >= 11 is 6.87. The largest absolute Gasteiger partial charge is 0.318 e. The van der Waals surface area contributed by atoms with E-state index in [0.29, 0.717) is 5.69 Å². The molecule has 1 heterocycles. The molecule has 0 fully saturated rings. The molecule has 0 radical (unpaired) electrons. The number of aryl methyl sites for hydroxylation is 2. The van der Waals surface area contributed by atoms with Crippen molar-refractivity contribution in [1.82, 2.24) is 9.99 Å². The van der Waals surface area contributed by atoms with Crippen LogP contribution in [0.25, 0.3) is 5.69 Å². The Morgan fingerprint density at radius 3 is 2.29 bits per heavy atom. The number of aromatic nitrogens is 1. The van der Waals surface area contributed by atoms with Crippen LogP contribution < -0.4 is 9.73 Å². The Labute approximate surface area is 239 Å². The summed E-state index contributed by atoms with van der Waals surface area (Å²) in [6.07, 6.45) is 1.56. The van der Waals surface area contributed by atoms with E-state index < -0.39 is 22.5 Å². The second-order valence-corrected chi connectivity index (χ2v) is 12.4. The van der Waals surface area contributed by atoms with Gasteiger partial charge in [-0.05, 0) is 81.4 Å². The minimum Gasteiger partial charge on any atom is -0.318 e. The van der Waals surface area contributed by atoms with Crippen molar-refractivity contribution in [1.29, 1.82) is 0 Å². The summed E-state index contributed by atoms with van der Waals surface area (Å²) in [5.74, 6) is -0.569. The van der Waals surface area contributed by atoms with Crippen LogP contribution in [0.3, 0.4) is 0 Å². The van der Waals surface area contributed by atoms with E-state index in [4.69, 9.17) is 0 Å². The van der Waals surface area contributed by atoms with Gasteiger partial charge in [0.25, 0.3) is 15.9 Å². The number of hydrogen-bond acceptors (Lipinski definition) is 4. The molecule has 0 aliphatic rings. The monoisotopic (exact) mass is 656 g/mol. The van der Waals surface area contributed by atoms with Gasteiger partial charge in [0.1, 0.15) is 6.54 Å². The minimum absolute atomic E-state index is 0.0994. The van der Waals surface area contributed by atoms with Crippen molar-refractivity contribution < 1.29 is 13.2 Å². The maximum atomic E-state index is 13.5. The van der Waals surface area contributed by atoms with E-state index in [1.807, 2.05) is 51.1 Å². The summed E-state index contributed by atoms with van der Waals surface area (Å²) in [5, 5.41) is 4.12. The lowest BCUT2D eigenvalue weighted by Crippen LogP contribution is -2.39. The van der Waals surface area contributed by atoms with Crippen molar-refractivity contribution >= 4 is 59.7 Å². The molecule has 0 aliphatic carbocycles. The van der Waals surface area contributed by atoms with Gasteiger partial charge in [-0.15, -0.1) is 0 Å². The highest BCUT2D eigenvalue weighted by molar-refractivity contribution is 9.10. The fraction of sp³-hybridized carbons (Fsp3) is 0.143. The molecule has 3 aromatic carbocycles. The van der Waals surface area contributed by atoms with E-state index in [1.165, 1.54) is 12.1 Å². The highest BCUT2D eigenvalue weighted by atomic mass is 79.9. The summed E-state index contributed by atoms with van der Waals surface area (Å²) < 4.78 is 31.9. The maximum Gasteiger partial charge on any atom is 0.264 e. The molecule has 0 bridgehead atoms. The van der Waals surface area contributed by atoms with Crippen LogP contribution >= 0.6 is 31.9 Å². The van der Waals surface area contributed by atoms with Gasteiger partial charge in [0.2, 0.25) is 0 Å². The predicted molar refractivity (Wildman–Crippen MR) is 159 cm³/mol. The number of nitrogens with zero attached hydrogens (tertiary/aromatic N) is 3. The third kappa shape index (κ3) is 6.25. The van der Waals surface area contributed by atoms with Gasteiger partial charge in [-0.1, -0.05) is 55.6 Å². The van der Waals surface area contributed by atoms with Crippen LogP contribution in [0.15, 0.2) is 97.8 Å². The summed E-state index contributed by atoms with van der Waals surface area (Å²) in [4.78, 5) is 13.0. The number of sulfonamides is 1. The van der Waals surface area contributed by atoms with Crippen LogP contribution in [-0.4, -0.2) is 31.7 Å². The van der Waals surface area contributed by atoms with Crippen LogP contribution in [0.2, 0.25) is 0 Å². The van der Waals surface area contributed by atoms with E-state index in [9.17, 15) is 13.2 Å². The predicted octanol–water partition coefficient (Wildman–Crippen LogP) is 6.27. The summed E-state index contributed by atoms with van der Waals surface area (Å²) in [5.41, 5.74) is 7.59. The first-order valence-electron chi connectivity index (χ1n) is 11.7. The third-order valence-corrected chi connectivity index (χ3v) is 8.75. The molecule has 38 heavy (non-hydrogen) atoms. The van der Waals surface area contributed by atoms with E-state index in [2.05, 4.69) is 47.0 Å². The van der Waals surface area contributed by atoms with Crippen LogP contribution in [0.5, 0.6) is 0 Å². The fourth-order valence-electron chi connectivity index (χ4n) is 4.03. The van der Waals surface area contributed by atoms with E-state index >= 15 is 0 Å². The number of nitrogens with one attached hydrogen (secondary N) is 1. The number of carbonyl (C=O) groups excluding carboxylic acids is 1. The minimum atomic E-state index is -4.00. The second-order valence-electron chi connectivity index (χ2n) is 8.74. The second kappa shape index (κ2) is 11.7. The van der Waals surface area contributed by atoms with E-state index in [1.54, 1.807) is 42.6 Å². The van der Waals surface area contributed by atoms with Crippen molar-refractivity contribution in [3.05, 3.63) is 110 Å². The van der Waals surface area contributed by atoms with E-state index in [0.717, 1.165) is 41.5 Å². The molecule has 4 rings (SSSR count). The van der Waals surface area contributed by atoms with Crippen LogP contribution in [0.1, 0.15) is 22.5 Å². The maximum absolute atomic E-state index is 13.5. The average Bonchev–Trinajstić information content (AvgIpc) is 3.16. The Morgan fingerprint density at radius 2 is 1.63 bits per heavy atom. The Kier molecular flexibility index (Phi) is 8.54. The molecule has 196 valence electrons. The normalized spacial score (nSPS) is 11.6. The van der Waals surface area contributed by atoms with Crippen LogP contribution in [-0.2, 0) is 14.8 Å². The lowest BCUT2D eigenvalue weighted by Gasteiger charge is -2.23. The van der Waals surface area contributed by atoms with Crippen molar-refractivity contribution in [3.8, 4) is 5.69 Å². The standard InChI is InChI=1S/C28H26Br2N4O3S/c1-19-7-13-27(14-8-19)38(36,37)33(25-11-9-23(29)10-12-25)18-28(35)32-31-17-22-15-20(2)34(21(22)3)26-6-4-5-24(30)16-26/h4-17H,18H2,1-3H3,(H,32,35)/b31-17-. The van der Waals surface area contributed by atoms with Crippen molar-refractivity contribution in [2.45, 2.75) is 25.7 Å². The highest BCUT2D eigenvalue weighted by Gasteiger charge is 2.27. The number of hydrazone groups is 1. The molecule has 1 N–H and O–H groups in total. The summed E-state index contributed by atoms with van der Waals surface area (Å²) in [7, 11) is -4.00. The lowest BCUT2D eigenvalue weighted by atomic mass is 10.2. The summed E-state index contributed by atoms with van der Waals surface area (Å²) in [6, 6.07) is 23.2. The topological polar surface area (TPSA) is 83.8 Å². The number of anilines is 1. The third-order valence-electron chi connectivity index (χ3n) is 5.94. The van der Waals surface area contributed by atoms with Crippen molar-refractivity contribution in [2.75, 3.05) is 10.8 Å². The highest BCUT2D eigenvalue weighted by Crippen LogP contribution is 2.26. The molecule has 10 heteroatoms. The Hall–Kier alpha value is -3.21. The Balaban J connectivity index is 1.55. The molecule has 0 saturated carbocycles. The first-order chi connectivity index (χ1) is 18.1. The molecule has 0 atom stereocenters. The van der Waals surface area contributed by atoms with Crippen molar-refractivity contribution in [2.24, 2.45) is 5.10 Å². The van der Waals surface area contributed by atoms with E-state index in [-0.39, 0.29) is 4.90 Å². The first-order valence-corrected chi connectivity index (χ1v) is 14.7. The van der Waals surface area contributed by atoms with Gasteiger partial charge in [0, 0.05) is 31.6 Å². The number of carbonyl (C=O) groups is 1. The van der Waals surface area contributed by atoms with Gasteiger partial charge in [-0.3, -0.25) is 9.10 Å². The number of hydrogen-bond donors (Lipinski definition) is 1. The molecule has 1 amide bonds. The molecular weight excluding hydrogens is 632 g/mol. The van der Waals surface area contributed by atoms with Gasteiger partial charge in [-0.25, -0.2) is 13.8 Å². The molecule has 0 saturated heterocycles. The van der Waals surface area contributed by atoms with Gasteiger partial charge in [-0.2, -0.15) is 5.10 Å². The van der Waals surface area contributed by atoms with Gasteiger partial charge in [0.05, 0.1) is 16.8 Å². The number of rotatable bonds is 8. The molecular formula is C28H26Br2N4O3S.